The van der Waals surface area contributed by atoms with Gasteiger partial charge in [-0.3, -0.25) is 4.40 Å². The van der Waals surface area contributed by atoms with Crippen molar-refractivity contribution >= 4 is 5.65 Å². The summed E-state index contributed by atoms with van der Waals surface area (Å²) in [4.78, 5) is 11.7. The number of hydrogen-bond acceptors (Lipinski definition) is 2. The molecule has 2 rings (SSSR count). The van der Waals surface area contributed by atoms with Gasteiger partial charge >= 0.3 is 11.9 Å². The molecule has 0 radical (unpaired) electrons. The molecule has 0 aromatic carbocycles. The van der Waals surface area contributed by atoms with Crippen molar-refractivity contribution in [3.05, 3.63) is 34.9 Å². The van der Waals surface area contributed by atoms with Crippen LogP contribution in [0.1, 0.15) is 12.8 Å². The smallest absolute Gasteiger partial charge is 0.250 e. The van der Waals surface area contributed by atoms with E-state index in [-0.39, 0.29) is 13.0 Å². The molecule has 0 aliphatic carbocycles. The summed E-state index contributed by atoms with van der Waals surface area (Å²) in [6.07, 6.45) is -3.71. The second-order valence-electron chi connectivity index (χ2n) is 3.65. The lowest BCUT2D eigenvalue weighted by molar-refractivity contribution is -0.136. The molecule has 2 heterocycles. The summed E-state index contributed by atoms with van der Waals surface area (Å²) in [6.45, 7) is -0.0278. The maximum atomic E-state index is 12.0. The zero-order valence-electron chi connectivity index (χ0n) is 8.81. The van der Waals surface area contributed by atoms with E-state index in [2.05, 4.69) is 5.10 Å². The number of nitrogens with zero attached hydrogens (tertiary/aromatic N) is 3. The van der Waals surface area contributed by atoms with Gasteiger partial charge in [-0.2, -0.15) is 13.2 Å². The van der Waals surface area contributed by atoms with Gasteiger partial charge in [-0.05, 0) is 18.6 Å². The Labute approximate surface area is 94.3 Å². The number of aromatic nitrogens is 3. The van der Waals surface area contributed by atoms with Crippen LogP contribution < -0.4 is 5.69 Å². The lowest BCUT2D eigenvalue weighted by Crippen LogP contribution is -2.22. The molecule has 0 spiro atoms. The van der Waals surface area contributed by atoms with Gasteiger partial charge in [0.2, 0.25) is 0 Å². The first-order chi connectivity index (χ1) is 7.97. The van der Waals surface area contributed by atoms with Crippen molar-refractivity contribution in [1.29, 1.82) is 0 Å². The summed E-state index contributed by atoms with van der Waals surface area (Å²) in [7, 11) is 0. The van der Waals surface area contributed by atoms with Crippen molar-refractivity contribution in [2.24, 2.45) is 0 Å². The number of halogens is 3. The Bertz CT molecular complexity index is 570. The van der Waals surface area contributed by atoms with Crippen LogP contribution in [0.5, 0.6) is 0 Å². The van der Waals surface area contributed by atoms with Crippen LogP contribution >= 0.6 is 0 Å². The minimum atomic E-state index is -4.19. The summed E-state index contributed by atoms with van der Waals surface area (Å²) < 4.78 is 38.2. The van der Waals surface area contributed by atoms with Gasteiger partial charge in [0.25, 0.3) is 0 Å². The van der Waals surface area contributed by atoms with Crippen LogP contribution in [0.3, 0.4) is 0 Å². The van der Waals surface area contributed by atoms with Crippen LogP contribution in [0.15, 0.2) is 29.2 Å². The Morgan fingerprint density at radius 3 is 2.71 bits per heavy atom. The highest BCUT2D eigenvalue weighted by Gasteiger charge is 2.26. The minimum absolute atomic E-state index is 0.0278. The standard InChI is InChI=1S/C10H10F3N3O/c11-10(12,13)5-3-7-16-9(17)15-6-2-1-4-8(15)14-16/h1-2,4,6H,3,5,7H2. The molecule has 7 heteroatoms. The van der Waals surface area contributed by atoms with Gasteiger partial charge in [-0.25, -0.2) is 9.48 Å². The van der Waals surface area contributed by atoms with E-state index in [0.717, 1.165) is 4.68 Å². The Balaban J connectivity index is 2.14. The van der Waals surface area contributed by atoms with E-state index in [1.54, 1.807) is 18.2 Å². The first kappa shape index (κ1) is 11.7. The van der Waals surface area contributed by atoms with Gasteiger partial charge in [0, 0.05) is 19.2 Å². The highest BCUT2D eigenvalue weighted by molar-refractivity contribution is 5.35. The molecule has 92 valence electrons. The highest BCUT2D eigenvalue weighted by Crippen LogP contribution is 2.21. The number of hydrogen-bond donors (Lipinski definition) is 0. The Morgan fingerprint density at radius 2 is 2.06 bits per heavy atom. The molecule has 0 saturated carbocycles. The number of fused-ring (bicyclic) bond motifs is 1. The van der Waals surface area contributed by atoms with Crippen LogP contribution in [-0.2, 0) is 6.54 Å². The molecule has 2 aromatic heterocycles. The predicted molar refractivity (Wildman–Crippen MR) is 54.7 cm³/mol. The normalized spacial score (nSPS) is 12.2. The van der Waals surface area contributed by atoms with Crippen molar-refractivity contribution < 1.29 is 13.2 Å². The maximum Gasteiger partial charge on any atom is 0.389 e. The molecular weight excluding hydrogens is 235 g/mol. The second kappa shape index (κ2) is 4.23. The fourth-order valence-electron chi connectivity index (χ4n) is 1.54. The molecule has 0 fully saturated rings. The van der Waals surface area contributed by atoms with Gasteiger partial charge < -0.3 is 0 Å². The zero-order chi connectivity index (χ0) is 12.5. The van der Waals surface area contributed by atoms with Crippen LogP contribution in [-0.4, -0.2) is 20.4 Å². The highest BCUT2D eigenvalue weighted by atomic mass is 19.4. The molecule has 0 saturated heterocycles. The molecule has 0 amide bonds. The van der Waals surface area contributed by atoms with Crippen molar-refractivity contribution in [2.45, 2.75) is 25.6 Å². The van der Waals surface area contributed by atoms with Gasteiger partial charge in [-0.15, -0.1) is 5.10 Å². The first-order valence-corrected chi connectivity index (χ1v) is 5.08. The Kier molecular flexibility index (Phi) is 2.91. The van der Waals surface area contributed by atoms with E-state index < -0.39 is 18.3 Å². The summed E-state index contributed by atoms with van der Waals surface area (Å²) in [5.41, 5.74) is 0.0206. The SMILES string of the molecule is O=c1n(CCCC(F)(F)F)nc2ccccn12. The molecule has 2 aromatic rings. The van der Waals surface area contributed by atoms with E-state index in [4.69, 9.17) is 0 Å². The molecule has 0 unspecified atom stereocenters. The van der Waals surface area contributed by atoms with Crippen LogP contribution in [0.25, 0.3) is 5.65 Å². The van der Waals surface area contributed by atoms with Crippen molar-refractivity contribution in [3.8, 4) is 0 Å². The molecule has 0 atom stereocenters. The molecule has 4 nitrogen and oxygen atoms in total. The van der Waals surface area contributed by atoms with Crippen LogP contribution in [0, 0.1) is 0 Å². The molecule has 0 aliphatic rings. The monoisotopic (exact) mass is 245 g/mol. The van der Waals surface area contributed by atoms with Gasteiger partial charge in [0.15, 0.2) is 5.65 Å². The maximum absolute atomic E-state index is 12.0. The molecular formula is C10H10F3N3O. The van der Waals surface area contributed by atoms with Crippen molar-refractivity contribution in [1.82, 2.24) is 14.2 Å². The fourth-order valence-corrected chi connectivity index (χ4v) is 1.54. The first-order valence-electron chi connectivity index (χ1n) is 5.08. The van der Waals surface area contributed by atoms with E-state index in [1.165, 1.54) is 10.6 Å². The molecule has 17 heavy (non-hydrogen) atoms. The Hall–Kier alpha value is -1.79. The van der Waals surface area contributed by atoms with Gasteiger partial charge in [0.1, 0.15) is 0 Å². The number of pyridine rings is 1. The van der Waals surface area contributed by atoms with E-state index in [0.29, 0.717) is 5.65 Å². The van der Waals surface area contributed by atoms with Crippen molar-refractivity contribution in [3.63, 3.8) is 0 Å². The summed E-state index contributed by atoms with van der Waals surface area (Å²) in [6, 6.07) is 5.00. The Morgan fingerprint density at radius 1 is 1.29 bits per heavy atom. The van der Waals surface area contributed by atoms with Crippen molar-refractivity contribution in [2.75, 3.05) is 0 Å². The fraction of sp³-hybridized carbons (Fsp3) is 0.400. The van der Waals surface area contributed by atoms with Gasteiger partial charge in [-0.1, -0.05) is 6.07 Å². The third-order valence-corrected chi connectivity index (χ3v) is 2.32. The predicted octanol–water partition coefficient (Wildman–Crippen LogP) is 1.84. The van der Waals surface area contributed by atoms with E-state index in [9.17, 15) is 18.0 Å². The van der Waals surface area contributed by atoms with Crippen LogP contribution in [0.4, 0.5) is 13.2 Å². The quantitative estimate of drug-likeness (QED) is 0.827. The summed E-state index contributed by atoms with van der Waals surface area (Å²) in [5.74, 6) is 0. The molecule has 0 aliphatic heterocycles. The minimum Gasteiger partial charge on any atom is -0.250 e. The van der Waals surface area contributed by atoms with E-state index in [1.807, 2.05) is 0 Å². The van der Waals surface area contributed by atoms with Gasteiger partial charge in [0.05, 0.1) is 0 Å². The third-order valence-electron chi connectivity index (χ3n) is 2.32. The largest absolute Gasteiger partial charge is 0.389 e. The lowest BCUT2D eigenvalue weighted by Gasteiger charge is -2.04. The van der Waals surface area contributed by atoms with E-state index >= 15 is 0 Å². The second-order valence-corrected chi connectivity index (χ2v) is 3.65. The molecule has 0 bridgehead atoms. The number of aryl methyl sites for hydroxylation is 1. The summed E-state index contributed by atoms with van der Waals surface area (Å²) in [5, 5.41) is 3.93. The average Bonchev–Trinajstić information content (AvgIpc) is 2.55. The van der Waals surface area contributed by atoms with Crippen LogP contribution in [0.2, 0.25) is 0 Å². The zero-order valence-corrected chi connectivity index (χ0v) is 8.81. The summed E-state index contributed by atoms with van der Waals surface area (Å²) >= 11 is 0. The average molecular weight is 245 g/mol. The molecule has 0 N–H and O–H groups in total. The lowest BCUT2D eigenvalue weighted by atomic mass is 10.3. The number of alkyl halides is 3. The topological polar surface area (TPSA) is 39.3 Å². The third kappa shape index (κ3) is 2.66. The number of rotatable bonds is 3.